The molecule has 1 aromatic heterocycles. The van der Waals surface area contributed by atoms with Crippen LogP contribution in [-0.2, 0) is 21.2 Å². The molecule has 10 nitrogen and oxygen atoms in total. The predicted octanol–water partition coefficient (Wildman–Crippen LogP) is 4.23. The Morgan fingerprint density at radius 2 is 1.60 bits per heavy atom. The van der Waals surface area contributed by atoms with Gasteiger partial charge in [-0.2, -0.15) is 13.2 Å². The first-order valence-corrected chi connectivity index (χ1v) is 14.4. The molecule has 0 spiro atoms. The maximum absolute atomic E-state index is 12.8. The highest BCUT2D eigenvalue weighted by Crippen LogP contribution is 2.28. The van der Waals surface area contributed by atoms with E-state index in [2.05, 4.69) is 14.6 Å². The topological polar surface area (TPSA) is 140 Å². The van der Waals surface area contributed by atoms with Crippen LogP contribution in [0.1, 0.15) is 54.9 Å². The Kier molecular flexibility index (Phi) is 10.4. The predicted molar refractivity (Wildman–Crippen MR) is 142 cm³/mol. The number of carboxylic acid groups (broad SMARTS) is 2. The van der Waals surface area contributed by atoms with Gasteiger partial charge in [0, 0.05) is 19.1 Å². The molecule has 0 radical (unpaired) electrons. The van der Waals surface area contributed by atoms with Crippen LogP contribution in [0.25, 0.3) is 0 Å². The molecular formula is C26H33F3N4O6S. The lowest BCUT2D eigenvalue weighted by Crippen LogP contribution is -2.47. The number of likely N-dealkylation sites (tertiary alicyclic amines) is 1. The Morgan fingerprint density at radius 3 is 2.10 bits per heavy atom. The van der Waals surface area contributed by atoms with Crippen LogP contribution in [0.15, 0.2) is 41.4 Å². The van der Waals surface area contributed by atoms with Gasteiger partial charge in [0.25, 0.3) is 10.0 Å². The van der Waals surface area contributed by atoms with Crippen LogP contribution in [-0.4, -0.2) is 78.9 Å². The van der Waals surface area contributed by atoms with Crippen molar-refractivity contribution in [1.29, 1.82) is 0 Å². The van der Waals surface area contributed by atoms with Gasteiger partial charge in [-0.3, -0.25) is 4.72 Å². The molecule has 14 heteroatoms. The van der Waals surface area contributed by atoms with Gasteiger partial charge in [0.1, 0.15) is 11.4 Å². The molecule has 3 heterocycles. The quantitative estimate of drug-likeness (QED) is 0.435. The number of anilines is 2. The van der Waals surface area contributed by atoms with Gasteiger partial charge in [-0.15, -0.1) is 0 Å². The largest absolute Gasteiger partial charge is 0.490 e. The molecule has 0 bridgehead atoms. The van der Waals surface area contributed by atoms with Gasteiger partial charge in [0.05, 0.1) is 16.8 Å². The summed E-state index contributed by atoms with van der Waals surface area (Å²) in [6.45, 7) is 5.78. The molecule has 0 aliphatic carbocycles. The van der Waals surface area contributed by atoms with E-state index in [1.165, 1.54) is 31.5 Å². The molecule has 0 unspecified atom stereocenters. The van der Waals surface area contributed by atoms with Crippen molar-refractivity contribution in [3.05, 3.63) is 47.7 Å². The maximum Gasteiger partial charge on any atom is 0.490 e. The summed E-state index contributed by atoms with van der Waals surface area (Å²) in [5, 5.41) is 16.9. The molecule has 2 aromatic rings. The van der Waals surface area contributed by atoms with Crippen LogP contribution >= 0.6 is 0 Å². The Hall–Kier alpha value is -3.39. The summed E-state index contributed by atoms with van der Waals surface area (Å²) in [6, 6.07) is 8.54. The van der Waals surface area contributed by atoms with E-state index in [0.29, 0.717) is 11.9 Å². The van der Waals surface area contributed by atoms with E-state index in [9.17, 15) is 31.5 Å². The number of hydrogen-bond donors (Lipinski definition) is 3. The standard InChI is InChI=1S/C24H32N4O4S.C2HF3O2/c1-2-18-6-8-21(9-7-18)33(31,32)26-19-16-22(24(29)30)23(25-17-19)28-14-10-20(11-15-28)27-12-4-3-5-13-27;3-2(4,5)1(6)7/h6-9,16-17,20,26H,2-5,10-15H2,1H3,(H,29,30);(H,6,7). The molecule has 0 amide bonds. The van der Waals surface area contributed by atoms with Gasteiger partial charge in [0.2, 0.25) is 0 Å². The number of benzene rings is 1. The minimum atomic E-state index is -5.08. The molecule has 4 rings (SSSR count). The van der Waals surface area contributed by atoms with Crippen LogP contribution in [0.5, 0.6) is 0 Å². The summed E-state index contributed by atoms with van der Waals surface area (Å²) >= 11 is 0. The number of aliphatic carboxylic acids is 1. The fourth-order valence-corrected chi connectivity index (χ4v) is 5.80. The third-order valence-corrected chi connectivity index (χ3v) is 8.30. The Bertz CT molecular complexity index is 1270. The number of aromatic nitrogens is 1. The third-order valence-electron chi connectivity index (χ3n) is 6.90. The summed E-state index contributed by atoms with van der Waals surface area (Å²) < 4.78 is 59.7. The van der Waals surface area contributed by atoms with Gasteiger partial charge in [-0.25, -0.2) is 23.0 Å². The number of rotatable bonds is 7. The van der Waals surface area contributed by atoms with Crippen LogP contribution in [0, 0.1) is 0 Å². The number of aryl methyl sites for hydroxylation is 1. The second-order valence-electron chi connectivity index (χ2n) is 9.62. The number of nitrogens with one attached hydrogen (secondary N) is 1. The lowest BCUT2D eigenvalue weighted by molar-refractivity contribution is -0.192. The van der Waals surface area contributed by atoms with Crippen LogP contribution in [0.3, 0.4) is 0 Å². The van der Waals surface area contributed by atoms with Gasteiger partial charge in [-0.05, 0) is 69.0 Å². The summed E-state index contributed by atoms with van der Waals surface area (Å²) in [6.07, 6.45) is 2.90. The summed E-state index contributed by atoms with van der Waals surface area (Å²) in [5.74, 6) is -3.48. The lowest BCUT2D eigenvalue weighted by atomic mass is 9.99. The van der Waals surface area contributed by atoms with Crippen molar-refractivity contribution in [2.45, 2.75) is 62.6 Å². The number of hydrogen-bond acceptors (Lipinski definition) is 7. The second kappa shape index (κ2) is 13.3. The highest BCUT2D eigenvalue weighted by molar-refractivity contribution is 7.92. The highest BCUT2D eigenvalue weighted by atomic mass is 32.2. The van der Waals surface area contributed by atoms with E-state index in [0.717, 1.165) is 51.0 Å². The molecule has 2 aliphatic rings. The number of piperidine rings is 2. The van der Waals surface area contributed by atoms with Crippen molar-refractivity contribution in [3.63, 3.8) is 0 Å². The van der Waals surface area contributed by atoms with Crippen LogP contribution < -0.4 is 9.62 Å². The monoisotopic (exact) mass is 586 g/mol. The van der Waals surface area contributed by atoms with Crippen molar-refractivity contribution in [2.24, 2.45) is 0 Å². The second-order valence-corrected chi connectivity index (χ2v) is 11.3. The van der Waals surface area contributed by atoms with Crippen molar-refractivity contribution in [2.75, 3.05) is 35.8 Å². The fraction of sp³-hybridized carbons (Fsp3) is 0.500. The van der Waals surface area contributed by atoms with Crippen molar-refractivity contribution < 1.29 is 41.4 Å². The normalized spacial score (nSPS) is 17.1. The Labute approximate surface area is 230 Å². The van der Waals surface area contributed by atoms with E-state index >= 15 is 0 Å². The van der Waals surface area contributed by atoms with Crippen molar-refractivity contribution >= 4 is 33.5 Å². The molecule has 3 N–H and O–H groups in total. The maximum atomic E-state index is 12.8. The molecule has 2 saturated heterocycles. The van der Waals surface area contributed by atoms with E-state index < -0.39 is 28.1 Å². The van der Waals surface area contributed by atoms with Gasteiger partial charge < -0.3 is 20.0 Å². The van der Waals surface area contributed by atoms with Gasteiger partial charge in [0.15, 0.2) is 0 Å². The molecule has 2 fully saturated rings. The Morgan fingerprint density at radius 1 is 1.02 bits per heavy atom. The smallest absolute Gasteiger partial charge is 0.478 e. The minimum absolute atomic E-state index is 0.00736. The molecule has 1 aromatic carbocycles. The van der Waals surface area contributed by atoms with Crippen LogP contribution in [0.4, 0.5) is 24.7 Å². The van der Waals surface area contributed by atoms with Crippen molar-refractivity contribution in [3.8, 4) is 0 Å². The number of halogens is 3. The Balaban J connectivity index is 0.000000559. The van der Waals surface area contributed by atoms with Gasteiger partial charge >= 0.3 is 18.1 Å². The summed E-state index contributed by atoms with van der Waals surface area (Å²) in [7, 11) is -3.84. The highest BCUT2D eigenvalue weighted by Gasteiger charge is 2.38. The number of pyridine rings is 1. The zero-order chi connectivity index (χ0) is 29.5. The number of carbonyl (C=O) groups is 2. The lowest BCUT2D eigenvalue weighted by Gasteiger charge is -2.40. The number of aromatic carboxylic acids is 1. The number of sulfonamides is 1. The minimum Gasteiger partial charge on any atom is -0.478 e. The number of nitrogens with zero attached hydrogens (tertiary/aromatic N) is 3. The average molecular weight is 587 g/mol. The number of alkyl halides is 3. The molecule has 220 valence electrons. The first kappa shape index (κ1) is 31.1. The summed E-state index contributed by atoms with van der Waals surface area (Å²) in [5.41, 5.74) is 1.18. The zero-order valence-corrected chi connectivity index (χ0v) is 22.8. The van der Waals surface area contributed by atoms with E-state index in [-0.39, 0.29) is 16.1 Å². The van der Waals surface area contributed by atoms with E-state index in [1.807, 2.05) is 11.8 Å². The molecule has 0 atom stereocenters. The first-order chi connectivity index (χ1) is 18.8. The van der Waals surface area contributed by atoms with Gasteiger partial charge in [-0.1, -0.05) is 25.5 Å². The average Bonchev–Trinajstić information content (AvgIpc) is 2.93. The molecule has 0 saturated carbocycles. The molecule has 2 aliphatic heterocycles. The fourth-order valence-electron chi connectivity index (χ4n) is 4.77. The van der Waals surface area contributed by atoms with Crippen molar-refractivity contribution in [1.82, 2.24) is 9.88 Å². The molecular weight excluding hydrogens is 553 g/mol. The first-order valence-electron chi connectivity index (χ1n) is 13.0. The third kappa shape index (κ3) is 8.31. The van der Waals surface area contributed by atoms with E-state index in [4.69, 9.17) is 9.90 Å². The van der Waals surface area contributed by atoms with E-state index in [1.54, 1.807) is 24.3 Å². The SMILES string of the molecule is CCc1ccc(S(=O)(=O)Nc2cnc(N3CCC(N4CCCCC4)CC3)c(C(=O)O)c2)cc1.O=C(O)C(F)(F)F. The number of carboxylic acids is 2. The summed E-state index contributed by atoms with van der Waals surface area (Å²) in [4.78, 5) is 29.9. The molecule has 40 heavy (non-hydrogen) atoms. The van der Waals surface area contributed by atoms with Crippen LogP contribution in [0.2, 0.25) is 0 Å². The zero-order valence-electron chi connectivity index (χ0n) is 22.0.